The van der Waals surface area contributed by atoms with Crippen LogP contribution in [0.25, 0.3) is 4.85 Å². The van der Waals surface area contributed by atoms with Crippen LogP contribution in [0.1, 0.15) is 51.2 Å². The molecule has 3 aromatic rings. The third kappa shape index (κ3) is 7.57. The van der Waals surface area contributed by atoms with Gasteiger partial charge in [0.2, 0.25) is 0 Å². The zero-order valence-corrected chi connectivity index (χ0v) is 23.7. The zero-order chi connectivity index (χ0) is 28.6. The Kier molecular flexibility index (Phi) is 9.40. The maximum atomic E-state index is 13.1. The first-order valence-corrected chi connectivity index (χ1v) is 14.3. The average molecular weight is 552 g/mol. The number of benzene rings is 2. The number of carbonyl (C=O) groups is 2. The molecule has 8 nitrogen and oxygen atoms in total. The van der Waals surface area contributed by atoms with Crippen molar-refractivity contribution in [3.63, 3.8) is 0 Å². The first-order valence-electron chi connectivity index (χ1n) is 14.3. The van der Waals surface area contributed by atoms with Gasteiger partial charge in [0.25, 0.3) is 5.91 Å². The van der Waals surface area contributed by atoms with Crippen molar-refractivity contribution in [1.82, 2.24) is 19.7 Å². The van der Waals surface area contributed by atoms with E-state index >= 15 is 0 Å². The Hall–Kier alpha value is -4.06. The van der Waals surface area contributed by atoms with Crippen LogP contribution in [0.5, 0.6) is 5.75 Å². The number of ketones is 1. The third-order valence-electron chi connectivity index (χ3n) is 8.17. The normalized spacial score (nSPS) is 16.7. The largest absolute Gasteiger partial charge is 0.497 e. The van der Waals surface area contributed by atoms with Crippen molar-refractivity contribution in [3.05, 3.63) is 101 Å². The van der Waals surface area contributed by atoms with Gasteiger partial charge in [0.1, 0.15) is 11.4 Å². The molecule has 0 saturated carbocycles. The van der Waals surface area contributed by atoms with Gasteiger partial charge in [-0.25, -0.2) is 4.85 Å². The molecule has 2 aliphatic rings. The second kappa shape index (κ2) is 13.5. The molecule has 8 heteroatoms. The number of carbonyl (C=O) groups excluding carboxylic acids is 2. The molecule has 0 radical (unpaired) electrons. The van der Waals surface area contributed by atoms with E-state index in [1.54, 1.807) is 25.4 Å². The van der Waals surface area contributed by atoms with Crippen LogP contribution in [-0.4, -0.2) is 77.8 Å². The van der Waals surface area contributed by atoms with Crippen LogP contribution in [0.2, 0.25) is 0 Å². The standard InChI is InChI=1S/C33H37N5O3/c1-34-29-8-3-26(4-9-29)24-37-17-19-38(20-18-37)33(40)28-7-12-31(35-22-28)32(39)21-25-13-15-36(16-14-25)23-27-5-10-30(41-2)11-6-27/h3-12,22,25H,13-21,23-24H2,2H3. The summed E-state index contributed by atoms with van der Waals surface area (Å²) in [6.45, 7) is 13.6. The van der Waals surface area contributed by atoms with E-state index in [2.05, 4.69) is 31.8 Å². The predicted molar refractivity (Wildman–Crippen MR) is 158 cm³/mol. The molecule has 2 aromatic carbocycles. The van der Waals surface area contributed by atoms with Crippen molar-refractivity contribution in [3.8, 4) is 5.75 Å². The lowest BCUT2D eigenvalue weighted by Gasteiger charge is -2.34. The molecule has 3 heterocycles. The van der Waals surface area contributed by atoms with Gasteiger partial charge in [-0.15, -0.1) is 0 Å². The van der Waals surface area contributed by atoms with Crippen molar-refractivity contribution in [1.29, 1.82) is 0 Å². The van der Waals surface area contributed by atoms with Gasteiger partial charge in [-0.2, -0.15) is 0 Å². The molecule has 0 aliphatic carbocycles. The molecule has 0 N–H and O–H groups in total. The molecule has 0 atom stereocenters. The molecule has 0 bridgehead atoms. The monoisotopic (exact) mass is 551 g/mol. The summed E-state index contributed by atoms with van der Waals surface area (Å²) >= 11 is 0. The van der Waals surface area contributed by atoms with Gasteiger partial charge >= 0.3 is 0 Å². The van der Waals surface area contributed by atoms with Gasteiger partial charge in [-0.1, -0.05) is 36.4 Å². The highest BCUT2D eigenvalue weighted by Gasteiger charge is 2.25. The van der Waals surface area contributed by atoms with Crippen molar-refractivity contribution in [2.45, 2.75) is 32.4 Å². The number of piperidine rings is 1. The number of methoxy groups -OCH3 is 1. The summed E-state index contributed by atoms with van der Waals surface area (Å²) in [4.78, 5) is 40.5. The lowest BCUT2D eigenvalue weighted by molar-refractivity contribution is 0.0627. The number of piperazine rings is 1. The number of aromatic nitrogens is 1. The number of Topliss-reactive ketones (excluding diaryl/α,β-unsaturated/α-hetero) is 1. The predicted octanol–water partition coefficient (Wildman–Crippen LogP) is 5.08. The smallest absolute Gasteiger partial charge is 0.255 e. The molecule has 2 aliphatic heterocycles. The topological polar surface area (TPSA) is 70.3 Å². The van der Waals surface area contributed by atoms with Gasteiger partial charge < -0.3 is 9.64 Å². The molecule has 2 fully saturated rings. The van der Waals surface area contributed by atoms with Crippen LogP contribution in [0.15, 0.2) is 66.9 Å². The van der Waals surface area contributed by atoms with Gasteiger partial charge in [-0.3, -0.25) is 24.4 Å². The lowest BCUT2D eigenvalue weighted by atomic mass is 9.90. The van der Waals surface area contributed by atoms with Crippen LogP contribution in [0.3, 0.4) is 0 Å². The minimum absolute atomic E-state index is 0.0400. The minimum Gasteiger partial charge on any atom is -0.497 e. The summed E-state index contributed by atoms with van der Waals surface area (Å²) in [6, 6.07) is 19.3. The minimum atomic E-state index is -0.0400. The van der Waals surface area contributed by atoms with E-state index < -0.39 is 0 Å². The van der Waals surface area contributed by atoms with E-state index in [0.29, 0.717) is 42.4 Å². The van der Waals surface area contributed by atoms with Crippen molar-refractivity contribution in [2.24, 2.45) is 5.92 Å². The summed E-state index contributed by atoms with van der Waals surface area (Å²) in [7, 11) is 1.68. The van der Waals surface area contributed by atoms with Crippen molar-refractivity contribution < 1.29 is 14.3 Å². The van der Waals surface area contributed by atoms with Crippen LogP contribution in [0, 0.1) is 12.5 Å². The number of ether oxygens (including phenoxy) is 1. The quantitative estimate of drug-likeness (QED) is 0.273. The Balaban J connectivity index is 1.05. The second-order valence-electron chi connectivity index (χ2n) is 11.0. The molecule has 1 aromatic heterocycles. The maximum Gasteiger partial charge on any atom is 0.255 e. The zero-order valence-electron chi connectivity index (χ0n) is 23.7. The van der Waals surface area contributed by atoms with E-state index in [1.165, 1.54) is 11.1 Å². The van der Waals surface area contributed by atoms with Crippen LogP contribution < -0.4 is 4.74 Å². The van der Waals surface area contributed by atoms with Gasteiger partial charge in [0.05, 0.1) is 19.2 Å². The highest BCUT2D eigenvalue weighted by Crippen LogP contribution is 2.24. The van der Waals surface area contributed by atoms with E-state index in [0.717, 1.165) is 57.9 Å². The first kappa shape index (κ1) is 28.5. The number of likely N-dealkylation sites (tertiary alicyclic amines) is 1. The van der Waals surface area contributed by atoms with E-state index in [4.69, 9.17) is 11.3 Å². The summed E-state index contributed by atoms with van der Waals surface area (Å²) in [6.07, 6.45) is 4.05. The molecule has 41 heavy (non-hydrogen) atoms. The Bertz CT molecular complexity index is 1350. The Morgan fingerprint density at radius 3 is 2.02 bits per heavy atom. The maximum absolute atomic E-state index is 13.1. The van der Waals surface area contributed by atoms with E-state index in [9.17, 15) is 9.59 Å². The summed E-state index contributed by atoms with van der Waals surface area (Å²) in [5.41, 5.74) is 4.05. The Morgan fingerprint density at radius 1 is 0.854 bits per heavy atom. The van der Waals surface area contributed by atoms with Gasteiger partial charge in [0, 0.05) is 51.9 Å². The van der Waals surface area contributed by atoms with Crippen LogP contribution >= 0.6 is 0 Å². The lowest BCUT2D eigenvalue weighted by Crippen LogP contribution is -2.48. The SMILES string of the molecule is [C-]#[N+]c1ccc(CN2CCN(C(=O)c3ccc(C(=O)CC4CCN(Cc5ccc(OC)cc5)CC4)nc3)CC2)cc1. The second-order valence-corrected chi connectivity index (χ2v) is 11.0. The number of amides is 1. The van der Waals surface area contributed by atoms with Crippen LogP contribution in [-0.2, 0) is 13.1 Å². The number of hydrogen-bond acceptors (Lipinski definition) is 6. The fourth-order valence-electron chi connectivity index (χ4n) is 5.62. The highest BCUT2D eigenvalue weighted by atomic mass is 16.5. The molecule has 212 valence electrons. The Morgan fingerprint density at radius 2 is 1.46 bits per heavy atom. The molecule has 2 saturated heterocycles. The Labute approximate surface area is 242 Å². The van der Waals surface area contributed by atoms with Crippen molar-refractivity contribution >= 4 is 17.4 Å². The average Bonchev–Trinajstić information content (AvgIpc) is 3.03. The van der Waals surface area contributed by atoms with E-state index in [-0.39, 0.29) is 11.7 Å². The van der Waals surface area contributed by atoms with Crippen LogP contribution in [0.4, 0.5) is 5.69 Å². The summed E-state index contributed by atoms with van der Waals surface area (Å²) < 4.78 is 5.24. The third-order valence-corrected chi connectivity index (χ3v) is 8.17. The molecule has 5 rings (SSSR count). The number of hydrogen-bond donors (Lipinski definition) is 0. The van der Waals surface area contributed by atoms with Crippen molar-refractivity contribution in [2.75, 3.05) is 46.4 Å². The van der Waals surface area contributed by atoms with Gasteiger partial charge in [-0.05, 0) is 67.2 Å². The summed E-state index contributed by atoms with van der Waals surface area (Å²) in [5.74, 6) is 1.24. The highest BCUT2D eigenvalue weighted by molar-refractivity contribution is 5.97. The molecular formula is C33H37N5O3. The molecule has 0 spiro atoms. The molecule has 1 amide bonds. The number of nitrogens with zero attached hydrogens (tertiary/aromatic N) is 5. The fourth-order valence-corrected chi connectivity index (χ4v) is 5.62. The molecule has 0 unspecified atom stereocenters. The first-order chi connectivity index (χ1) is 20.0. The molecular weight excluding hydrogens is 514 g/mol. The number of rotatable bonds is 9. The summed E-state index contributed by atoms with van der Waals surface area (Å²) in [5, 5.41) is 0. The number of pyridine rings is 1. The fraction of sp³-hybridized carbons (Fsp3) is 0.394. The van der Waals surface area contributed by atoms with Gasteiger partial charge in [0.15, 0.2) is 11.5 Å². The van der Waals surface area contributed by atoms with E-state index in [1.807, 2.05) is 41.3 Å².